The first-order valence-corrected chi connectivity index (χ1v) is 18.8. The van der Waals surface area contributed by atoms with Gasteiger partial charge in [0, 0.05) is 63.2 Å². The van der Waals surface area contributed by atoms with Crippen LogP contribution in [0.2, 0.25) is 0 Å². The summed E-state index contributed by atoms with van der Waals surface area (Å²) in [5.41, 5.74) is 10.1. The first-order valence-electron chi connectivity index (χ1n) is 17.2. The summed E-state index contributed by atoms with van der Waals surface area (Å²) < 4.78 is 7.86. The van der Waals surface area contributed by atoms with E-state index < -0.39 is 0 Å². The molecule has 4 heteroatoms. The molecular weight excluding hydrogens is 657 g/mol. The lowest BCUT2D eigenvalue weighted by atomic mass is 10.00. The maximum atomic E-state index is 5.21. The van der Waals surface area contributed by atoms with Crippen molar-refractivity contribution < 1.29 is 0 Å². The molecule has 0 aliphatic rings. The van der Waals surface area contributed by atoms with Crippen LogP contribution in [0.25, 0.3) is 101 Å². The molecule has 0 saturated carbocycles. The molecule has 0 unspecified atom stereocenters. The van der Waals surface area contributed by atoms with Gasteiger partial charge in [-0.25, -0.2) is 4.98 Å². The van der Waals surface area contributed by atoms with E-state index in [4.69, 9.17) is 4.98 Å². The van der Waals surface area contributed by atoms with Gasteiger partial charge in [-0.2, -0.15) is 0 Å². The van der Waals surface area contributed by atoms with Gasteiger partial charge in [-0.3, -0.25) is 0 Å². The molecule has 0 spiro atoms. The summed E-state index contributed by atoms with van der Waals surface area (Å²) in [7, 11) is 0. The number of benzene rings is 7. The van der Waals surface area contributed by atoms with Gasteiger partial charge < -0.3 is 4.57 Å². The van der Waals surface area contributed by atoms with Crippen molar-refractivity contribution in [3.05, 3.63) is 170 Å². The van der Waals surface area contributed by atoms with E-state index >= 15 is 0 Å². The number of pyridine rings is 1. The van der Waals surface area contributed by atoms with Crippen molar-refractivity contribution >= 4 is 84.8 Å². The molecule has 0 fully saturated rings. The fourth-order valence-electron chi connectivity index (χ4n) is 7.90. The molecule has 2 nitrogen and oxygen atoms in total. The van der Waals surface area contributed by atoms with Gasteiger partial charge >= 0.3 is 0 Å². The summed E-state index contributed by atoms with van der Waals surface area (Å²) in [5, 5.41) is 8.05. The van der Waals surface area contributed by atoms with Crippen molar-refractivity contribution in [3.8, 4) is 39.3 Å². The van der Waals surface area contributed by atoms with Crippen molar-refractivity contribution in [1.82, 2.24) is 9.55 Å². The third-order valence-electron chi connectivity index (χ3n) is 10.2. The van der Waals surface area contributed by atoms with Crippen LogP contribution < -0.4 is 0 Å². The number of hydrogen-bond donors (Lipinski definition) is 0. The van der Waals surface area contributed by atoms with Crippen LogP contribution in [0.15, 0.2) is 170 Å². The molecule has 0 N–H and O–H groups in total. The molecule has 0 aliphatic carbocycles. The van der Waals surface area contributed by atoms with Gasteiger partial charge in [0.05, 0.1) is 27.1 Å². The fraction of sp³-hybridized carbons (Fsp3) is 0. The van der Waals surface area contributed by atoms with Gasteiger partial charge in [0.2, 0.25) is 0 Å². The quantitative estimate of drug-likeness (QED) is 0.180. The highest BCUT2D eigenvalue weighted by Crippen LogP contribution is 2.52. The predicted molar refractivity (Wildman–Crippen MR) is 221 cm³/mol. The zero-order valence-corrected chi connectivity index (χ0v) is 29.0. The summed E-state index contributed by atoms with van der Waals surface area (Å²) in [6.45, 7) is 0. The van der Waals surface area contributed by atoms with E-state index in [1.165, 1.54) is 67.7 Å². The highest BCUT2D eigenvalue weighted by molar-refractivity contribution is 7.29. The Morgan fingerprint density at radius 2 is 0.902 bits per heavy atom. The topological polar surface area (TPSA) is 17.8 Å². The van der Waals surface area contributed by atoms with Crippen LogP contribution in [0.4, 0.5) is 0 Å². The molecule has 0 bridgehead atoms. The fourth-order valence-corrected chi connectivity index (χ4v) is 10.4. The van der Waals surface area contributed by atoms with Gasteiger partial charge in [0.1, 0.15) is 0 Å². The zero-order chi connectivity index (χ0) is 33.5. The Hall–Kier alpha value is -6.07. The lowest BCUT2D eigenvalue weighted by Gasteiger charge is -2.12. The number of thiophene rings is 2. The van der Waals surface area contributed by atoms with E-state index in [-0.39, 0.29) is 0 Å². The lowest BCUT2D eigenvalue weighted by Crippen LogP contribution is -1.95. The van der Waals surface area contributed by atoms with Crippen molar-refractivity contribution in [1.29, 1.82) is 0 Å². The second-order valence-corrected chi connectivity index (χ2v) is 15.2. The molecule has 0 saturated heterocycles. The van der Waals surface area contributed by atoms with E-state index in [9.17, 15) is 0 Å². The second-order valence-electron chi connectivity index (χ2n) is 13.1. The standard InChI is InChI=1S/C47H28N2S2/c1-3-13-29(14-4-1)32-27-37(30-15-5-2-6-16-30)48-38(28-32)31-23-25-33(26-24-31)49-39-20-10-7-17-34(39)44-45(49)47-43(36-19-9-12-22-41(36)51-47)42-35-18-8-11-21-40(35)50-46(42)44/h1-28H. The van der Waals surface area contributed by atoms with Crippen molar-refractivity contribution in [2.45, 2.75) is 0 Å². The third-order valence-corrected chi connectivity index (χ3v) is 12.5. The maximum absolute atomic E-state index is 5.21. The molecule has 4 aromatic heterocycles. The predicted octanol–water partition coefficient (Wildman–Crippen LogP) is 13.9. The molecule has 0 amide bonds. The summed E-state index contributed by atoms with van der Waals surface area (Å²) in [6, 6.07) is 61.3. The van der Waals surface area contributed by atoms with Crippen LogP contribution in [0.3, 0.4) is 0 Å². The van der Waals surface area contributed by atoms with Gasteiger partial charge in [0.25, 0.3) is 0 Å². The third kappa shape index (κ3) is 4.37. The van der Waals surface area contributed by atoms with Crippen molar-refractivity contribution in [2.75, 3.05) is 0 Å². The molecule has 0 atom stereocenters. The Bertz CT molecular complexity index is 3060. The van der Waals surface area contributed by atoms with Crippen LogP contribution in [0, 0.1) is 0 Å². The van der Waals surface area contributed by atoms with E-state index in [1.807, 2.05) is 22.7 Å². The first kappa shape index (κ1) is 28.7. The molecule has 238 valence electrons. The Morgan fingerprint density at radius 3 is 1.57 bits per heavy atom. The molecule has 7 aromatic carbocycles. The average molecular weight is 685 g/mol. The summed E-state index contributed by atoms with van der Waals surface area (Å²) >= 11 is 3.84. The smallest absolute Gasteiger partial charge is 0.0734 e. The van der Waals surface area contributed by atoms with Gasteiger partial charge in [0.15, 0.2) is 0 Å². The van der Waals surface area contributed by atoms with Crippen LogP contribution in [-0.4, -0.2) is 9.55 Å². The summed E-state index contributed by atoms with van der Waals surface area (Å²) in [5.74, 6) is 0. The van der Waals surface area contributed by atoms with E-state index in [2.05, 4.69) is 174 Å². The number of fused-ring (bicyclic) bond motifs is 12. The minimum Gasteiger partial charge on any atom is -0.308 e. The van der Waals surface area contributed by atoms with Crippen LogP contribution >= 0.6 is 22.7 Å². The Labute approximate surface area is 302 Å². The molecule has 0 aliphatic heterocycles. The second kappa shape index (κ2) is 11.2. The Kier molecular flexibility index (Phi) is 6.32. The number of hydrogen-bond acceptors (Lipinski definition) is 3. The summed E-state index contributed by atoms with van der Waals surface area (Å²) in [6.07, 6.45) is 0. The van der Waals surface area contributed by atoms with E-state index in [1.54, 1.807) is 0 Å². The molecule has 4 heterocycles. The van der Waals surface area contributed by atoms with Crippen molar-refractivity contribution in [3.63, 3.8) is 0 Å². The minimum atomic E-state index is 0.961. The van der Waals surface area contributed by atoms with E-state index in [0.717, 1.165) is 33.8 Å². The largest absolute Gasteiger partial charge is 0.308 e. The summed E-state index contributed by atoms with van der Waals surface area (Å²) in [4.78, 5) is 5.21. The number of nitrogens with zero attached hydrogens (tertiary/aromatic N) is 2. The zero-order valence-electron chi connectivity index (χ0n) is 27.4. The number of aromatic nitrogens is 2. The molecule has 51 heavy (non-hydrogen) atoms. The van der Waals surface area contributed by atoms with Crippen molar-refractivity contribution in [2.24, 2.45) is 0 Å². The molecule has 11 rings (SSSR count). The van der Waals surface area contributed by atoms with Gasteiger partial charge in [-0.15, -0.1) is 22.7 Å². The SMILES string of the molecule is c1ccc(-c2cc(-c3ccccc3)nc(-c3ccc(-n4c5ccccc5c5c6sc7ccccc7c6c6c7ccccc7sc6c54)cc3)c2)cc1. The van der Waals surface area contributed by atoms with Gasteiger partial charge in [-0.1, -0.05) is 127 Å². The van der Waals surface area contributed by atoms with Crippen LogP contribution in [0.5, 0.6) is 0 Å². The molecule has 11 aromatic rings. The molecule has 0 radical (unpaired) electrons. The lowest BCUT2D eigenvalue weighted by molar-refractivity contribution is 1.19. The van der Waals surface area contributed by atoms with Crippen LogP contribution in [0.1, 0.15) is 0 Å². The minimum absolute atomic E-state index is 0.961. The Morgan fingerprint density at radius 1 is 0.392 bits per heavy atom. The normalized spacial score (nSPS) is 11.9. The van der Waals surface area contributed by atoms with E-state index in [0.29, 0.717) is 0 Å². The monoisotopic (exact) mass is 684 g/mol. The average Bonchev–Trinajstić information content (AvgIpc) is 3.88. The highest BCUT2D eigenvalue weighted by Gasteiger charge is 2.24. The number of rotatable bonds is 4. The van der Waals surface area contributed by atoms with Crippen LogP contribution in [-0.2, 0) is 0 Å². The first-order chi connectivity index (χ1) is 25.3. The maximum Gasteiger partial charge on any atom is 0.0734 e. The Balaban J connectivity index is 1.17. The number of para-hydroxylation sites is 1. The van der Waals surface area contributed by atoms with Gasteiger partial charge in [-0.05, 0) is 53.6 Å². The highest BCUT2D eigenvalue weighted by atomic mass is 32.1. The molecular formula is C47H28N2S2.